The zero-order valence-corrected chi connectivity index (χ0v) is 15.5. The zero-order chi connectivity index (χ0) is 20.1. The predicted octanol–water partition coefficient (Wildman–Crippen LogP) is 2.33. The first-order chi connectivity index (χ1) is 13.5. The Morgan fingerprint density at radius 3 is 2.86 bits per heavy atom. The lowest BCUT2D eigenvalue weighted by molar-refractivity contribution is -0.119. The summed E-state index contributed by atoms with van der Waals surface area (Å²) in [5.74, 6) is -0.340. The van der Waals surface area contributed by atoms with Crippen LogP contribution in [0.1, 0.15) is 6.92 Å². The molecule has 1 aromatic heterocycles. The maximum atomic E-state index is 14.7. The minimum Gasteiger partial charge on any atom is -0.451 e. The van der Waals surface area contributed by atoms with Crippen molar-refractivity contribution in [1.82, 2.24) is 10.3 Å². The van der Waals surface area contributed by atoms with Crippen molar-refractivity contribution >= 4 is 17.7 Å². The Morgan fingerprint density at radius 2 is 2.21 bits per heavy atom. The van der Waals surface area contributed by atoms with Crippen LogP contribution in [0.4, 0.5) is 14.9 Å². The van der Waals surface area contributed by atoms with Gasteiger partial charge in [0.25, 0.3) is 0 Å². The third kappa shape index (κ3) is 4.55. The molecule has 3 rings (SSSR count). The Morgan fingerprint density at radius 1 is 1.39 bits per heavy atom. The number of hydrogen-bond acceptors (Lipinski definition) is 6. The van der Waals surface area contributed by atoms with Crippen LogP contribution < -0.4 is 15.0 Å². The van der Waals surface area contributed by atoms with Crippen molar-refractivity contribution in [2.24, 2.45) is 0 Å². The van der Waals surface area contributed by atoms with E-state index in [1.807, 2.05) is 0 Å². The van der Waals surface area contributed by atoms with Crippen molar-refractivity contribution in [3.63, 3.8) is 0 Å². The molecule has 28 heavy (non-hydrogen) atoms. The average Bonchev–Trinajstić information content (AvgIpc) is 3.06. The second kappa shape index (κ2) is 8.66. The summed E-state index contributed by atoms with van der Waals surface area (Å²) >= 11 is 0. The lowest BCUT2D eigenvalue weighted by Crippen LogP contribution is -2.33. The zero-order valence-electron chi connectivity index (χ0n) is 15.5. The number of hydrogen-bond donors (Lipinski definition) is 1. The molecule has 2 aromatic rings. The fourth-order valence-corrected chi connectivity index (χ4v) is 2.75. The van der Waals surface area contributed by atoms with Crippen LogP contribution >= 0.6 is 0 Å². The number of pyridine rings is 1. The Bertz CT molecular complexity index is 859. The van der Waals surface area contributed by atoms with Gasteiger partial charge in [-0.3, -0.25) is 9.69 Å². The number of rotatable bonds is 7. The molecule has 148 valence electrons. The van der Waals surface area contributed by atoms with Gasteiger partial charge in [0, 0.05) is 37.4 Å². The second-order valence-electron chi connectivity index (χ2n) is 6.15. The number of aromatic nitrogens is 1. The monoisotopic (exact) mass is 389 g/mol. The summed E-state index contributed by atoms with van der Waals surface area (Å²) in [4.78, 5) is 28.5. The van der Waals surface area contributed by atoms with Gasteiger partial charge in [-0.05, 0) is 24.3 Å². The average molecular weight is 389 g/mol. The van der Waals surface area contributed by atoms with Gasteiger partial charge >= 0.3 is 6.09 Å². The van der Waals surface area contributed by atoms with Gasteiger partial charge in [0.05, 0.1) is 18.8 Å². The fourth-order valence-electron chi connectivity index (χ4n) is 2.75. The van der Waals surface area contributed by atoms with Gasteiger partial charge < -0.3 is 19.5 Å². The molecular weight excluding hydrogens is 369 g/mol. The summed E-state index contributed by atoms with van der Waals surface area (Å²) in [6, 6.07) is 7.78. The summed E-state index contributed by atoms with van der Waals surface area (Å²) in [6.07, 6.45) is 0.434. The topological polar surface area (TPSA) is 90.0 Å². The van der Waals surface area contributed by atoms with Crippen LogP contribution in [-0.2, 0) is 14.3 Å². The Kier molecular flexibility index (Phi) is 6.05. The molecule has 0 spiro atoms. The number of ether oxygens (including phenoxy) is 3. The highest BCUT2D eigenvalue weighted by atomic mass is 19.1. The molecule has 1 aromatic carbocycles. The molecule has 1 saturated heterocycles. The third-order valence-electron chi connectivity index (χ3n) is 4.09. The molecule has 9 heteroatoms. The number of amides is 2. The Hall–Kier alpha value is -3.20. The molecule has 1 aliphatic rings. The number of benzene rings is 1. The van der Waals surface area contributed by atoms with Gasteiger partial charge in [-0.1, -0.05) is 0 Å². The standard InChI is InChI=1S/C19H20FN3O5/c1-12(24)21-9-15-10-23(19(25)28-15)14-4-5-16(17(20)7-14)13-3-6-18(22-8-13)27-11-26-2/h3-8,15H,9-11H2,1-2H3,(H,21,24)/t15-/m0/s1. The first-order valence-electron chi connectivity index (χ1n) is 8.58. The second-order valence-corrected chi connectivity index (χ2v) is 6.15. The summed E-state index contributed by atoms with van der Waals surface area (Å²) in [6.45, 7) is 1.89. The summed E-state index contributed by atoms with van der Waals surface area (Å²) in [5.41, 5.74) is 1.29. The van der Waals surface area contributed by atoms with Crippen molar-refractivity contribution in [3.05, 3.63) is 42.3 Å². The lowest BCUT2D eigenvalue weighted by atomic mass is 10.1. The van der Waals surface area contributed by atoms with Crippen LogP contribution in [0.3, 0.4) is 0 Å². The van der Waals surface area contributed by atoms with E-state index in [4.69, 9.17) is 14.2 Å². The number of halogens is 1. The van der Waals surface area contributed by atoms with E-state index in [0.717, 1.165) is 0 Å². The smallest absolute Gasteiger partial charge is 0.414 e. The van der Waals surface area contributed by atoms with Crippen LogP contribution in [0.5, 0.6) is 5.88 Å². The van der Waals surface area contributed by atoms with Crippen molar-refractivity contribution in [2.75, 3.05) is 31.9 Å². The molecule has 1 fully saturated rings. The van der Waals surface area contributed by atoms with Gasteiger partial charge in [-0.15, -0.1) is 0 Å². The molecule has 2 amide bonds. The van der Waals surface area contributed by atoms with Gasteiger partial charge in [-0.25, -0.2) is 14.2 Å². The summed E-state index contributed by atoms with van der Waals surface area (Å²) in [5, 5.41) is 2.60. The van der Waals surface area contributed by atoms with E-state index in [1.165, 1.54) is 31.2 Å². The van der Waals surface area contributed by atoms with Gasteiger partial charge in [0.1, 0.15) is 11.9 Å². The Labute approximate surface area is 161 Å². The van der Waals surface area contributed by atoms with Crippen molar-refractivity contribution in [3.8, 4) is 17.0 Å². The minimum atomic E-state index is -0.580. The largest absolute Gasteiger partial charge is 0.451 e. The van der Waals surface area contributed by atoms with Gasteiger partial charge in [0.15, 0.2) is 6.79 Å². The van der Waals surface area contributed by atoms with Crippen LogP contribution in [0.15, 0.2) is 36.5 Å². The normalized spacial score (nSPS) is 16.0. The van der Waals surface area contributed by atoms with Gasteiger partial charge in [-0.2, -0.15) is 0 Å². The molecule has 1 aliphatic heterocycles. The minimum absolute atomic E-state index is 0.0737. The number of carbonyl (C=O) groups excluding carboxylic acids is 2. The van der Waals surface area contributed by atoms with E-state index in [2.05, 4.69) is 10.3 Å². The fraction of sp³-hybridized carbons (Fsp3) is 0.316. The quantitative estimate of drug-likeness (QED) is 0.731. The van der Waals surface area contributed by atoms with Crippen molar-refractivity contribution in [1.29, 1.82) is 0 Å². The van der Waals surface area contributed by atoms with E-state index in [9.17, 15) is 14.0 Å². The lowest BCUT2D eigenvalue weighted by Gasteiger charge is -2.14. The van der Waals surface area contributed by atoms with Gasteiger partial charge in [0.2, 0.25) is 11.8 Å². The molecule has 1 N–H and O–H groups in total. The van der Waals surface area contributed by atoms with E-state index in [1.54, 1.807) is 24.3 Å². The van der Waals surface area contributed by atoms with E-state index < -0.39 is 18.0 Å². The molecule has 2 heterocycles. The highest BCUT2D eigenvalue weighted by molar-refractivity contribution is 5.90. The van der Waals surface area contributed by atoms with E-state index >= 15 is 0 Å². The first-order valence-corrected chi connectivity index (χ1v) is 8.58. The maximum Gasteiger partial charge on any atom is 0.414 e. The molecular formula is C19H20FN3O5. The first kappa shape index (κ1) is 19.6. The highest BCUT2D eigenvalue weighted by Crippen LogP contribution is 2.29. The number of methoxy groups -OCH3 is 1. The number of nitrogens with zero attached hydrogens (tertiary/aromatic N) is 2. The SMILES string of the molecule is COCOc1ccc(-c2ccc(N3C[C@H](CNC(C)=O)OC3=O)cc2F)cn1. The van der Waals surface area contributed by atoms with Crippen LogP contribution in [0.25, 0.3) is 11.1 Å². The summed E-state index contributed by atoms with van der Waals surface area (Å²) < 4.78 is 29.9. The summed E-state index contributed by atoms with van der Waals surface area (Å²) in [7, 11) is 1.50. The van der Waals surface area contributed by atoms with E-state index in [-0.39, 0.29) is 25.8 Å². The number of anilines is 1. The maximum absolute atomic E-state index is 14.7. The molecule has 0 bridgehead atoms. The number of nitrogens with one attached hydrogen (secondary N) is 1. The molecule has 0 radical (unpaired) electrons. The molecule has 1 atom stereocenters. The number of carbonyl (C=O) groups is 2. The van der Waals surface area contributed by atoms with Crippen LogP contribution in [-0.4, -0.2) is 50.1 Å². The highest BCUT2D eigenvalue weighted by Gasteiger charge is 2.32. The van der Waals surface area contributed by atoms with E-state index in [0.29, 0.717) is 22.7 Å². The molecule has 8 nitrogen and oxygen atoms in total. The third-order valence-corrected chi connectivity index (χ3v) is 4.09. The molecule has 0 unspecified atom stereocenters. The van der Waals surface area contributed by atoms with Crippen molar-refractivity contribution < 1.29 is 28.2 Å². The van der Waals surface area contributed by atoms with Crippen LogP contribution in [0.2, 0.25) is 0 Å². The molecule has 0 aliphatic carbocycles. The molecule has 0 saturated carbocycles. The number of cyclic esters (lactones) is 1. The Balaban J connectivity index is 1.72. The van der Waals surface area contributed by atoms with Crippen molar-refractivity contribution in [2.45, 2.75) is 13.0 Å². The predicted molar refractivity (Wildman–Crippen MR) is 98.4 cm³/mol. The van der Waals surface area contributed by atoms with Crippen LogP contribution in [0, 0.1) is 5.82 Å².